The van der Waals surface area contributed by atoms with Gasteiger partial charge in [-0.15, -0.1) is 0 Å². The van der Waals surface area contributed by atoms with Crippen molar-refractivity contribution in [2.24, 2.45) is 0 Å². The van der Waals surface area contributed by atoms with Gasteiger partial charge < -0.3 is 4.90 Å². The fourth-order valence-electron chi connectivity index (χ4n) is 2.93. The first kappa shape index (κ1) is 10.8. The summed E-state index contributed by atoms with van der Waals surface area (Å²) < 4.78 is 1.24. The number of hydrogen-bond donors (Lipinski definition) is 0. The Bertz CT molecular complexity index is 384. The maximum absolute atomic E-state index is 3.60. The fourth-order valence-corrected chi connectivity index (χ4v) is 3.31. The summed E-state index contributed by atoms with van der Waals surface area (Å²) >= 11 is 3.60. The van der Waals surface area contributed by atoms with Crippen molar-refractivity contribution < 1.29 is 0 Å². The summed E-state index contributed by atoms with van der Waals surface area (Å²) in [7, 11) is 0. The van der Waals surface area contributed by atoms with Crippen LogP contribution in [0.4, 0.5) is 0 Å². The summed E-state index contributed by atoms with van der Waals surface area (Å²) in [5, 5.41) is 0. The highest BCUT2D eigenvalue weighted by Crippen LogP contribution is 2.34. The first-order chi connectivity index (χ1) is 7.83. The van der Waals surface area contributed by atoms with Gasteiger partial charge in [-0.05, 0) is 68.0 Å². The van der Waals surface area contributed by atoms with E-state index in [2.05, 4.69) is 39.0 Å². The average Bonchev–Trinajstić information content (AvgIpc) is 2.23. The molecule has 1 fully saturated rings. The van der Waals surface area contributed by atoms with Gasteiger partial charge in [0.25, 0.3) is 0 Å². The molecule has 1 unspecified atom stereocenters. The molecule has 0 aromatic heterocycles. The lowest BCUT2D eigenvalue weighted by Gasteiger charge is -2.36. The van der Waals surface area contributed by atoms with Crippen molar-refractivity contribution in [2.75, 3.05) is 19.6 Å². The Morgan fingerprint density at radius 2 is 2.12 bits per heavy atom. The topological polar surface area (TPSA) is 3.24 Å². The molecular formula is C14H18BrN. The van der Waals surface area contributed by atoms with Crippen molar-refractivity contribution in [3.05, 3.63) is 33.8 Å². The molecule has 0 saturated carbocycles. The van der Waals surface area contributed by atoms with Crippen LogP contribution >= 0.6 is 15.9 Å². The van der Waals surface area contributed by atoms with Crippen LogP contribution in [0.15, 0.2) is 22.7 Å². The lowest BCUT2D eigenvalue weighted by molar-refractivity contribution is 0.165. The molecule has 1 aromatic rings. The van der Waals surface area contributed by atoms with Crippen molar-refractivity contribution in [3.63, 3.8) is 0 Å². The predicted molar refractivity (Wildman–Crippen MR) is 70.9 cm³/mol. The van der Waals surface area contributed by atoms with Crippen LogP contribution in [0.5, 0.6) is 0 Å². The number of nitrogens with zero attached hydrogens (tertiary/aromatic N) is 1. The molecule has 1 heterocycles. The molecule has 2 aliphatic rings. The van der Waals surface area contributed by atoms with Crippen molar-refractivity contribution in [1.29, 1.82) is 0 Å². The highest BCUT2D eigenvalue weighted by Gasteiger charge is 2.24. The largest absolute Gasteiger partial charge is 0.303 e. The Morgan fingerprint density at radius 3 is 2.88 bits per heavy atom. The van der Waals surface area contributed by atoms with E-state index in [1.54, 1.807) is 11.1 Å². The van der Waals surface area contributed by atoms with Gasteiger partial charge in [0.2, 0.25) is 0 Å². The summed E-state index contributed by atoms with van der Waals surface area (Å²) in [5.74, 6) is 0.779. The van der Waals surface area contributed by atoms with Crippen LogP contribution < -0.4 is 0 Å². The molecule has 3 rings (SSSR count). The number of hydrogen-bond acceptors (Lipinski definition) is 1. The Morgan fingerprint density at radius 1 is 1.25 bits per heavy atom. The van der Waals surface area contributed by atoms with Crippen molar-refractivity contribution in [1.82, 2.24) is 4.90 Å². The molecule has 2 heteroatoms. The minimum absolute atomic E-state index is 0.779. The number of rotatable bonds is 2. The van der Waals surface area contributed by atoms with Gasteiger partial charge in [-0.3, -0.25) is 0 Å². The van der Waals surface area contributed by atoms with Gasteiger partial charge in [-0.25, -0.2) is 0 Å². The smallest absolute Gasteiger partial charge is 0.0178 e. The maximum Gasteiger partial charge on any atom is 0.0178 e. The minimum atomic E-state index is 0.779. The quantitative estimate of drug-likeness (QED) is 0.800. The van der Waals surface area contributed by atoms with Gasteiger partial charge >= 0.3 is 0 Å². The molecule has 0 bridgehead atoms. The van der Waals surface area contributed by atoms with E-state index in [4.69, 9.17) is 0 Å². The Hall–Kier alpha value is -0.340. The van der Waals surface area contributed by atoms with Crippen LogP contribution in [-0.4, -0.2) is 24.5 Å². The van der Waals surface area contributed by atoms with Gasteiger partial charge in [0, 0.05) is 11.0 Å². The third-order valence-electron chi connectivity index (χ3n) is 3.97. The van der Waals surface area contributed by atoms with Crippen LogP contribution in [0, 0.1) is 0 Å². The Kier molecular flexibility index (Phi) is 3.03. The van der Waals surface area contributed by atoms with E-state index >= 15 is 0 Å². The fraction of sp³-hybridized carbons (Fsp3) is 0.571. The van der Waals surface area contributed by atoms with Gasteiger partial charge in [0.1, 0.15) is 0 Å². The standard InChI is InChI=1S/C14H18BrN/c15-13-6-5-11-3-1-4-12(14(11)9-13)10-16-7-2-8-16/h5-6,9,12H,1-4,7-8,10H2. The molecule has 1 atom stereocenters. The highest BCUT2D eigenvalue weighted by atomic mass is 79.9. The molecule has 1 aliphatic carbocycles. The number of aryl methyl sites for hydroxylation is 1. The number of fused-ring (bicyclic) bond motifs is 1. The van der Waals surface area contributed by atoms with Gasteiger partial charge in [-0.2, -0.15) is 0 Å². The average molecular weight is 280 g/mol. The van der Waals surface area contributed by atoms with E-state index in [0.717, 1.165) is 5.92 Å². The summed E-state index contributed by atoms with van der Waals surface area (Å²) in [5.41, 5.74) is 3.19. The van der Waals surface area contributed by atoms with E-state index in [9.17, 15) is 0 Å². The van der Waals surface area contributed by atoms with Crippen molar-refractivity contribution >= 4 is 15.9 Å². The van der Waals surface area contributed by atoms with E-state index in [-0.39, 0.29) is 0 Å². The van der Waals surface area contributed by atoms with Crippen LogP contribution in [0.2, 0.25) is 0 Å². The van der Waals surface area contributed by atoms with Gasteiger partial charge in [0.05, 0.1) is 0 Å². The normalized spacial score (nSPS) is 24.9. The molecule has 0 N–H and O–H groups in total. The van der Waals surface area contributed by atoms with E-state index in [1.807, 2.05) is 0 Å². The minimum Gasteiger partial charge on any atom is -0.303 e. The number of benzene rings is 1. The van der Waals surface area contributed by atoms with E-state index in [0.29, 0.717) is 0 Å². The summed E-state index contributed by atoms with van der Waals surface area (Å²) in [6.07, 6.45) is 5.42. The predicted octanol–water partition coefficient (Wildman–Crippen LogP) is 3.57. The number of halogens is 1. The summed E-state index contributed by atoms with van der Waals surface area (Å²) in [6.45, 7) is 3.92. The van der Waals surface area contributed by atoms with E-state index in [1.165, 1.54) is 49.8 Å². The molecule has 1 nitrogen and oxygen atoms in total. The second-order valence-corrected chi connectivity index (χ2v) is 6.00. The lowest BCUT2D eigenvalue weighted by Crippen LogP contribution is -2.40. The molecule has 16 heavy (non-hydrogen) atoms. The Labute approximate surface area is 106 Å². The summed E-state index contributed by atoms with van der Waals surface area (Å²) in [4.78, 5) is 2.60. The lowest BCUT2D eigenvalue weighted by atomic mass is 9.82. The van der Waals surface area contributed by atoms with Crippen LogP contribution in [0.25, 0.3) is 0 Å². The van der Waals surface area contributed by atoms with Crippen molar-refractivity contribution in [2.45, 2.75) is 31.6 Å². The molecule has 0 spiro atoms. The zero-order valence-electron chi connectivity index (χ0n) is 9.58. The first-order valence-electron chi connectivity index (χ1n) is 6.33. The first-order valence-corrected chi connectivity index (χ1v) is 7.13. The van der Waals surface area contributed by atoms with Crippen molar-refractivity contribution in [3.8, 4) is 0 Å². The monoisotopic (exact) mass is 279 g/mol. The highest BCUT2D eigenvalue weighted by molar-refractivity contribution is 9.10. The third-order valence-corrected chi connectivity index (χ3v) is 4.47. The number of likely N-dealkylation sites (tertiary alicyclic amines) is 1. The molecule has 0 amide bonds. The molecule has 1 aliphatic heterocycles. The van der Waals surface area contributed by atoms with Crippen LogP contribution in [-0.2, 0) is 6.42 Å². The molecule has 0 radical (unpaired) electrons. The SMILES string of the molecule is Brc1ccc2c(c1)C(CN1CCC1)CCC2. The van der Waals surface area contributed by atoms with E-state index < -0.39 is 0 Å². The maximum atomic E-state index is 3.60. The van der Waals surface area contributed by atoms with Gasteiger partial charge in [0.15, 0.2) is 0 Å². The Balaban J connectivity index is 1.83. The van der Waals surface area contributed by atoms with Crippen LogP contribution in [0.3, 0.4) is 0 Å². The molecule has 1 aromatic carbocycles. The molecule has 1 saturated heterocycles. The third kappa shape index (κ3) is 2.05. The molecule has 86 valence electrons. The van der Waals surface area contributed by atoms with Crippen LogP contribution in [0.1, 0.15) is 36.3 Å². The second-order valence-electron chi connectivity index (χ2n) is 5.09. The van der Waals surface area contributed by atoms with Gasteiger partial charge in [-0.1, -0.05) is 22.0 Å². The zero-order chi connectivity index (χ0) is 11.0. The second kappa shape index (κ2) is 4.50. The molecular weight excluding hydrogens is 262 g/mol. The zero-order valence-corrected chi connectivity index (χ0v) is 11.2. The summed E-state index contributed by atoms with van der Waals surface area (Å²) in [6, 6.07) is 6.84.